The van der Waals surface area contributed by atoms with Gasteiger partial charge in [0.1, 0.15) is 6.04 Å². The summed E-state index contributed by atoms with van der Waals surface area (Å²) in [4.78, 5) is 80.2. The van der Waals surface area contributed by atoms with Crippen LogP contribution in [-0.2, 0) is 9.59 Å². The maximum Gasteiger partial charge on any atom is 0.262 e. The van der Waals surface area contributed by atoms with E-state index < -0.39 is 29.7 Å². The number of amides is 5. The number of benzene rings is 3. The molecule has 1 unspecified atom stereocenters. The van der Waals surface area contributed by atoms with Gasteiger partial charge < -0.3 is 19.6 Å². The molecule has 6 aliphatic heterocycles. The molecule has 5 amide bonds. The summed E-state index contributed by atoms with van der Waals surface area (Å²) < 4.78 is 0. The molecule has 0 aromatic heterocycles. The molecule has 3 aromatic rings. The quantitative estimate of drug-likeness (QED) is 0.269. The average molecular weight is 789 g/mol. The molecular weight excluding hydrogens is 744 g/mol. The van der Waals surface area contributed by atoms with Crippen LogP contribution in [-0.4, -0.2) is 122 Å². The van der Waals surface area contributed by atoms with Crippen molar-refractivity contribution in [1.29, 1.82) is 0 Å². The summed E-state index contributed by atoms with van der Waals surface area (Å²) in [5.41, 5.74) is 4.98. The van der Waals surface area contributed by atoms with Crippen LogP contribution in [0.15, 0.2) is 60.7 Å². The van der Waals surface area contributed by atoms with Crippen LogP contribution in [0.4, 0.5) is 22.7 Å². The van der Waals surface area contributed by atoms with Crippen LogP contribution >= 0.6 is 11.6 Å². The summed E-state index contributed by atoms with van der Waals surface area (Å²) in [6.07, 6.45) is 3.29. The van der Waals surface area contributed by atoms with Gasteiger partial charge in [-0.2, -0.15) is 0 Å². The van der Waals surface area contributed by atoms with E-state index >= 15 is 0 Å². The molecule has 3 aromatic carbocycles. The highest BCUT2D eigenvalue weighted by atomic mass is 35.5. The number of fused-ring (bicyclic) bond motifs is 1. The standard InChI is InChI=1S/C43H45ClN8O5/c1-45-36-8-6-32(23-35(36)44)48-14-11-43(12-15-48)13-16-50(27-43)40(55)29-3-2-4-30(21-29)49-19-17-47(18-20-49)24-28-25-51(26-28)31-5-7-33-34(22-31)42(57)52(41(33)56)37-9-10-38(53)46-39(37)54/h2-8,21-23,28,37H,9-20,24-27H2,(H,46,53,54). The van der Waals surface area contributed by atoms with Gasteiger partial charge in [-0.15, -0.1) is 0 Å². The summed E-state index contributed by atoms with van der Waals surface area (Å²) in [5.74, 6) is -1.38. The molecule has 0 saturated carbocycles. The van der Waals surface area contributed by atoms with Gasteiger partial charge in [-0.05, 0) is 79.6 Å². The molecule has 5 fully saturated rings. The third kappa shape index (κ3) is 6.99. The van der Waals surface area contributed by atoms with Crippen LogP contribution < -0.4 is 20.0 Å². The lowest BCUT2D eigenvalue weighted by molar-refractivity contribution is -0.136. The molecule has 14 heteroatoms. The minimum atomic E-state index is -0.971. The van der Waals surface area contributed by atoms with Crippen LogP contribution in [0.2, 0.25) is 5.02 Å². The predicted octanol–water partition coefficient (Wildman–Crippen LogP) is 4.68. The smallest absolute Gasteiger partial charge is 0.262 e. The Morgan fingerprint density at radius 1 is 0.789 bits per heavy atom. The van der Waals surface area contributed by atoms with Gasteiger partial charge in [0, 0.05) is 112 Å². The van der Waals surface area contributed by atoms with Crippen molar-refractivity contribution in [3.05, 3.63) is 93.8 Å². The maximum atomic E-state index is 13.8. The Kier molecular flexibility index (Phi) is 9.65. The van der Waals surface area contributed by atoms with Gasteiger partial charge in [0.2, 0.25) is 17.5 Å². The Labute approximate surface area is 336 Å². The average Bonchev–Trinajstić information content (AvgIpc) is 3.73. The van der Waals surface area contributed by atoms with E-state index in [0.717, 1.165) is 119 Å². The number of carbonyl (C=O) groups is 5. The lowest BCUT2D eigenvalue weighted by atomic mass is 9.77. The lowest BCUT2D eigenvalue weighted by Crippen LogP contribution is -2.55. The number of piperidine rings is 2. The largest absolute Gasteiger partial charge is 0.372 e. The predicted molar refractivity (Wildman–Crippen MR) is 216 cm³/mol. The number of nitrogens with zero attached hydrogens (tertiary/aromatic N) is 7. The van der Waals surface area contributed by atoms with Crippen molar-refractivity contribution in [3.63, 3.8) is 0 Å². The number of imide groups is 2. The van der Waals surface area contributed by atoms with E-state index in [1.54, 1.807) is 18.2 Å². The molecule has 13 nitrogen and oxygen atoms in total. The van der Waals surface area contributed by atoms with Crippen molar-refractivity contribution in [2.75, 3.05) is 86.7 Å². The summed E-state index contributed by atoms with van der Waals surface area (Å²) in [7, 11) is 0. The third-order valence-corrected chi connectivity index (χ3v) is 13.4. The zero-order valence-electron chi connectivity index (χ0n) is 31.8. The van der Waals surface area contributed by atoms with Crippen LogP contribution in [0.5, 0.6) is 0 Å². The molecule has 1 N–H and O–H groups in total. The van der Waals surface area contributed by atoms with Gasteiger partial charge >= 0.3 is 0 Å². The van der Waals surface area contributed by atoms with E-state index in [1.807, 2.05) is 35.2 Å². The van der Waals surface area contributed by atoms with Crippen molar-refractivity contribution in [2.45, 2.75) is 38.1 Å². The topological polar surface area (TPSA) is 121 Å². The van der Waals surface area contributed by atoms with Gasteiger partial charge in [0.05, 0.1) is 17.7 Å². The highest BCUT2D eigenvalue weighted by Crippen LogP contribution is 2.43. The maximum absolute atomic E-state index is 13.8. The van der Waals surface area contributed by atoms with Crippen LogP contribution in [0.25, 0.3) is 4.85 Å². The lowest BCUT2D eigenvalue weighted by Gasteiger charge is -2.45. The highest BCUT2D eigenvalue weighted by Gasteiger charge is 2.45. The number of carbonyl (C=O) groups excluding carboxylic acids is 5. The van der Waals surface area contributed by atoms with Crippen molar-refractivity contribution in [3.8, 4) is 0 Å². The molecule has 294 valence electrons. The second-order valence-corrected chi connectivity index (χ2v) is 16.9. The fourth-order valence-electron chi connectivity index (χ4n) is 9.66. The summed E-state index contributed by atoms with van der Waals surface area (Å²) in [6, 6.07) is 18.1. The number of anilines is 3. The first kappa shape index (κ1) is 37.1. The molecule has 6 aliphatic rings. The third-order valence-electron chi connectivity index (χ3n) is 13.1. The number of rotatable bonds is 7. The molecule has 5 saturated heterocycles. The molecule has 0 aliphatic carbocycles. The van der Waals surface area contributed by atoms with E-state index in [1.165, 1.54) is 0 Å². The molecule has 0 radical (unpaired) electrons. The zero-order valence-corrected chi connectivity index (χ0v) is 32.5. The molecule has 0 bridgehead atoms. The van der Waals surface area contributed by atoms with Crippen molar-refractivity contribution < 1.29 is 24.0 Å². The Bertz CT molecular complexity index is 2200. The first-order valence-electron chi connectivity index (χ1n) is 20.0. The Morgan fingerprint density at radius 3 is 2.21 bits per heavy atom. The summed E-state index contributed by atoms with van der Waals surface area (Å²) in [6.45, 7) is 17.0. The minimum Gasteiger partial charge on any atom is -0.372 e. The summed E-state index contributed by atoms with van der Waals surface area (Å²) >= 11 is 6.32. The van der Waals surface area contributed by atoms with E-state index in [9.17, 15) is 24.0 Å². The van der Waals surface area contributed by atoms with Gasteiger partial charge in [-0.3, -0.25) is 39.1 Å². The highest BCUT2D eigenvalue weighted by molar-refractivity contribution is 6.33. The fourth-order valence-corrected chi connectivity index (χ4v) is 9.88. The number of hydrogen-bond acceptors (Lipinski definition) is 9. The molecule has 6 heterocycles. The van der Waals surface area contributed by atoms with Gasteiger partial charge in [-0.25, -0.2) is 4.85 Å². The first-order chi connectivity index (χ1) is 27.6. The normalized spacial score (nSPS) is 22.5. The van der Waals surface area contributed by atoms with Gasteiger partial charge in [0.25, 0.3) is 17.7 Å². The molecule has 57 heavy (non-hydrogen) atoms. The van der Waals surface area contributed by atoms with E-state index in [2.05, 4.69) is 41.9 Å². The van der Waals surface area contributed by atoms with E-state index in [-0.39, 0.29) is 24.2 Å². The van der Waals surface area contributed by atoms with Crippen molar-refractivity contribution in [2.24, 2.45) is 11.3 Å². The Balaban J connectivity index is 0.738. The number of halogens is 1. The van der Waals surface area contributed by atoms with E-state index in [0.29, 0.717) is 27.8 Å². The zero-order chi connectivity index (χ0) is 39.4. The van der Waals surface area contributed by atoms with Crippen LogP contribution in [0.1, 0.15) is 63.2 Å². The van der Waals surface area contributed by atoms with Crippen molar-refractivity contribution >= 4 is 63.9 Å². The van der Waals surface area contributed by atoms with Crippen LogP contribution in [0.3, 0.4) is 0 Å². The summed E-state index contributed by atoms with van der Waals surface area (Å²) in [5, 5.41) is 2.73. The monoisotopic (exact) mass is 788 g/mol. The molecule has 1 spiro atoms. The van der Waals surface area contributed by atoms with Gasteiger partial charge in [-0.1, -0.05) is 23.7 Å². The van der Waals surface area contributed by atoms with Gasteiger partial charge in [0.15, 0.2) is 0 Å². The van der Waals surface area contributed by atoms with Crippen LogP contribution in [0, 0.1) is 17.9 Å². The molecular formula is C43H45ClN8O5. The number of nitrogens with one attached hydrogen (secondary N) is 1. The number of piperazine rings is 1. The van der Waals surface area contributed by atoms with Crippen molar-refractivity contribution in [1.82, 2.24) is 20.0 Å². The fraction of sp³-hybridized carbons (Fsp3) is 0.442. The molecule has 1 atom stereocenters. The number of likely N-dealkylation sites (tertiary alicyclic amines) is 1. The second kappa shape index (κ2) is 14.8. The SMILES string of the molecule is [C-]#[N+]c1ccc(N2CCC3(CCN(C(=O)c4cccc(N5CCN(CC6CN(c7ccc8c(c7)C(=O)N(C7CCC(=O)NC7=O)C8=O)C6)CC5)c4)C3)CC2)cc1Cl. The Morgan fingerprint density at radius 2 is 1.47 bits per heavy atom. The second-order valence-electron chi connectivity index (χ2n) is 16.5. The molecule has 9 rings (SSSR count). The Hall–Kier alpha value is -5.45. The number of hydrogen-bond donors (Lipinski definition) is 1. The minimum absolute atomic E-state index is 0.0929. The first-order valence-corrected chi connectivity index (χ1v) is 20.3. The van der Waals surface area contributed by atoms with E-state index in [4.69, 9.17) is 18.2 Å².